The molecule has 4 N–H and O–H groups in total. The van der Waals surface area contributed by atoms with Crippen LogP contribution in [0.4, 0.5) is 9.59 Å². The summed E-state index contributed by atoms with van der Waals surface area (Å²) in [5, 5.41) is 8.26. The Labute approximate surface area is 582 Å². The predicted octanol–water partition coefficient (Wildman–Crippen LogP) is 19.1. The van der Waals surface area contributed by atoms with Gasteiger partial charge in [0.25, 0.3) is 0 Å². The second kappa shape index (κ2) is 41.4. The van der Waals surface area contributed by atoms with Gasteiger partial charge >= 0.3 is 24.1 Å². The highest BCUT2D eigenvalue weighted by Crippen LogP contribution is 2.45. The van der Waals surface area contributed by atoms with Gasteiger partial charge in [0.2, 0.25) is 24.2 Å². The van der Waals surface area contributed by atoms with Crippen molar-refractivity contribution in [2.75, 3.05) is 18.5 Å². The number of rotatable bonds is 31. The number of alkyl halides is 7. The molecule has 0 unspecified atom stereocenters. The Balaban J connectivity index is 0. The Hall–Kier alpha value is -0.316. The van der Waals surface area contributed by atoms with Crippen molar-refractivity contribution in [1.82, 2.24) is 15.6 Å². The zero-order valence-corrected chi connectivity index (χ0v) is 66.9. The molecular weight excluding hydrogens is 1500 g/mol. The molecule has 0 saturated heterocycles. The molecule has 1 rings (SSSR count). The number of aromatic nitrogens is 1. The minimum absolute atomic E-state index is 0.0133. The fourth-order valence-electron chi connectivity index (χ4n) is 10.0. The number of hydrogen-bond acceptors (Lipinski definition) is 14. The number of halogens is 9. The highest BCUT2D eigenvalue weighted by molar-refractivity contribution is 9.12. The van der Waals surface area contributed by atoms with E-state index in [1.807, 2.05) is 19.2 Å². The first-order valence-electron chi connectivity index (χ1n) is 28.8. The average molecular weight is 1600 g/mol. The number of carbonyl (C=O) groups excluding carboxylic acids is 5. The number of nitrogens with one attached hydrogen (secondary N) is 2. The molecule has 28 heteroatoms. The number of allylic oxidation sites excluding steroid dienone is 2. The lowest BCUT2D eigenvalue weighted by Crippen LogP contribution is -2.50. The lowest BCUT2D eigenvalue weighted by atomic mass is 10.1. The summed E-state index contributed by atoms with van der Waals surface area (Å²) in [7, 11) is -4.00. The van der Waals surface area contributed by atoms with E-state index in [4.69, 9.17) is 120 Å². The van der Waals surface area contributed by atoms with Crippen LogP contribution in [0.5, 0.6) is 0 Å². The Kier molecular flexibility index (Phi) is 42.2. The van der Waals surface area contributed by atoms with Crippen LogP contribution in [0, 0.1) is 0 Å². The first kappa shape index (κ1) is 87.7. The molecule has 4 atom stereocenters. The summed E-state index contributed by atoms with van der Waals surface area (Å²) in [5.41, 5.74) is 8.29. The monoisotopic (exact) mass is 1590 g/mol. The van der Waals surface area contributed by atoms with E-state index in [0.717, 1.165) is 19.7 Å². The van der Waals surface area contributed by atoms with E-state index in [0.29, 0.717) is 76.8 Å². The maximum absolute atomic E-state index is 12.7. The van der Waals surface area contributed by atoms with Gasteiger partial charge in [-0.1, -0.05) is 213 Å². The number of carbonyl (C=O) groups is 5. The van der Waals surface area contributed by atoms with Crippen LogP contribution in [0.15, 0.2) is 26.5 Å². The number of amides is 2. The van der Waals surface area contributed by atoms with Crippen LogP contribution >= 0.6 is 141 Å². The molecule has 0 aliphatic carbocycles. The molecule has 0 spiro atoms. The number of ether oxygens (including phenoxy) is 4. The molecule has 0 saturated carbocycles. The van der Waals surface area contributed by atoms with Crippen LogP contribution in [-0.2, 0) is 55.0 Å². The fourth-order valence-corrected chi connectivity index (χ4v) is 23.2. The smallest absolute Gasteiger partial charge is 0.408 e. The summed E-state index contributed by atoms with van der Waals surface area (Å²) in [4.78, 5) is 65.7. The number of Topliss-reactive ketones (excluding diaryl/α,β-unsaturated/α-hetero) is 1. The predicted molar refractivity (Wildman–Crippen MR) is 379 cm³/mol. The van der Waals surface area contributed by atoms with Gasteiger partial charge in [-0.15, -0.1) is 11.3 Å². The van der Waals surface area contributed by atoms with E-state index < -0.39 is 84.8 Å². The minimum Gasteiger partial charge on any atom is -0.460 e. The number of nitrogens with two attached hydrogens (primary N) is 1. The lowest BCUT2D eigenvalue weighted by molar-refractivity contribution is -0.147. The van der Waals surface area contributed by atoms with Crippen molar-refractivity contribution in [2.24, 2.45) is 5.73 Å². The number of thiazole rings is 1. The van der Waals surface area contributed by atoms with Crippen molar-refractivity contribution >= 4 is 192 Å². The van der Waals surface area contributed by atoms with Crippen molar-refractivity contribution in [3.63, 3.8) is 0 Å². The Bertz CT molecular complexity index is 2260. The highest BCUT2D eigenvalue weighted by Gasteiger charge is 2.48. The number of nitrogens with zero attached hydrogens (tertiary/aromatic N) is 1. The Morgan fingerprint density at radius 1 is 0.651 bits per heavy atom. The van der Waals surface area contributed by atoms with Crippen LogP contribution in [0.3, 0.4) is 0 Å². The molecule has 0 fully saturated rings. The number of ketones is 1. The zero-order chi connectivity index (χ0) is 67.5. The summed E-state index contributed by atoms with van der Waals surface area (Å²) >= 11 is 50.6. The largest absolute Gasteiger partial charge is 0.460 e. The molecule has 0 aromatic carbocycles. The molecule has 86 heavy (non-hydrogen) atoms. The number of thiocarbonyl (C=S) groups is 1. The third kappa shape index (κ3) is 38.0. The molecule has 15 nitrogen and oxygen atoms in total. The average Bonchev–Trinajstić information content (AvgIpc) is 1.25. The molecule has 0 aliphatic rings. The molecule has 500 valence electrons. The van der Waals surface area contributed by atoms with Gasteiger partial charge in [-0.05, 0) is 142 Å². The molecule has 1 heterocycles. The van der Waals surface area contributed by atoms with E-state index in [9.17, 15) is 24.0 Å². The zero-order valence-electron chi connectivity index (χ0n) is 54.0. The third-order valence-electron chi connectivity index (χ3n) is 13.1. The Morgan fingerprint density at radius 2 is 1.01 bits per heavy atom. The van der Waals surface area contributed by atoms with Gasteiger partial charge in [0, 0.05) is 24.6 Å². The minimum atomic E-state index is -2.10. The molecule has 0 bridgehead atoms. The van der Waals surface area contributed by atoms with Gasteiger partial charge in [-0.25, -0.2) is 24.2 Å². The van der Waals surface area contributed by atoms with Crippen LogP contribution in [-0.4, -0.2) is 118 Å². The number of hydrogen-bond donors (Lipinski definition) is 3. The van der Waals surface area contributed by atoms with Crippen LogP contribution in [0.25, 0.3) is 0 Å². The normalized spacial score (nSPS) is 14.5. The summed E-state index contributed by atoms with van der Waals surface area (Å²) in [6, 6.07) is -1.97. The van der Waals surface area contributed by atoms with Crippen LogP contribution in [0.1, 0.15) is 188 Å². The number of esters is 2. The van der Waals surface area contributed by atoms with E-state index in [1.54, 1.807) is 52.9 Å². The van der Waals surface area contributed by atoms with Crippen molar-refractivity contribution in [3.05, 3.63) is 37.2 Å². The highest BCUT2D eigenvalue weighted by atomic mass is 79.9. The van der Waals surface area contributed by atoms with Crippen molar-refractivity contribution in [1.29, 1.82) is 0 Å². The first-order valence-corrected chi connectivity index (χ1v) is 39.4. The molecule has 2 amide bonds. The van der Waals surface area contributed by atoms with Gasteiger partial charge in [0.05, 0.1) is 33.2 Å². The topological polar surface area (TPSA) is 204 Å². The Morgan fingerprint density at radius 3 is 1.34 bits per heavy atom. The molecule has 1 aromatic rings. The van der Waals surface area contributed by atoms with Crippen molar-refractivity contribution in [3.8, 4) is 0 Å². The second-order valence-corrected chi connectivity index (χ2v) is 45.2. The molecule has 1 aromatic heterocycles. The van der Waals surface area contributed by atoms with Gasteiger partial charge in [-0.2, -0.15) is 0 Å². The standard InChI is InChI=1S/C29H48BrCl3N2O5SSi.C15H30BrNOSSi.C14H21BrCl3NO5/c1-18(2)42(19(3)4,20(5)6)40-23(14-21(7)30)15-25-34-22(16-41-25)12-11-13-24(26(36)38-17-29(31,32)33)35-27(37)39-28(8,9)10;1-10(2)20(11(3)4,12(5)6)18-14(8-13(7)16)9-15(17)19;1-13(2,3)24-12(22)19-10(6-4-5-9(20)7-15)11(21)23-8-14(16,17)18/h14,16,18-20,23-24H,11-13,15,17H2,1-10H3,(H,35,37);8,10-12,14H,9H2,1-7H3,(H2,17,19);10H,4-8H2,1-3H3,(H,19,22)/b21-14+;13-8+;/t23-,24+;14-;10-/m001/s1. The number of alkyl carbamates (subject to hydrolysis) is 2. The third-order valence-corrected chi connectivity index (χ3v) is 28.2. The van der Waals surface area contributed by atoms with Gasteiger partial charge in [0.1, 0.15) is 42.3 Å². The second-order valence-electron chi connectivity index (χ2n) is 24.9. The van der Waals surface area contributed by atoms with Gasteiger partial charge in [-0.3, -0.25) is 4.79 Å². The van der Waals surface area contributed by atoms with Gasteiger partial charge in [0.15, 0.2) is 0 Å². The molecular formula is C58H99Br3Cl6N4O11S2Si2. The van der Waals surface area contributed by atoms with Crippen molar-refractivity contribution < 1.29 is 51.8 Å². The summed E-state index contributed by atoms with van der Waals surface area (Å²) in [6.07, 6.45) is 6.24. The maximum atomic E-state index is 12.7. The van der Waals surface area contributed by atoms with E-state index in [1.165, 1.54) is 0 Å². The van der Waals surface area contributed by atoms with Crippen LogP contribution in [0.2, 0.25) is 33.2 Å². The van der Waals surface area contributed by atoms with Gasteiger partial charge < -0.3 is 44.2 Å². The first-order chi connectivity index (χ1) is 39.0. The van der Waals surface area contributed by atoms with E-state index >= 15 is 0 Å². The van der Waals surface area contributed by atoms with Crippen molar-refractivity contribution in [2.45, 2.75) is 266 Å². The molecule has 0 radical (unpaired) electrons. The maximum Gasteiger partial charge on any atom is 0.408 e. The lowest BCUT2D eigenvalue weighted by Gasteiger charge is -2.44. The fraction of sp³-hybridized carbons (Fsp3) is 0.776. The molecule has 0 aliphatic heterocycles. The SMILES string of the molecule is C/C(Br)=C\[C@@H](CC(N)=S)O[Si](C(C)C)(C(C)C)C(C)C.C/C(Br)=C\[C@@H](Cc1nc(CCC[C@@H](NC(=O)OC(C)(C)C)C(=O)OCC(Cl)(Cl)Cl)cs1)O[Si](C(C)C)(C(C)C)C(C)C.CC(C)(C)OC(=O)N[C@H](CCCC(=O)CBr)C(=O)OCC(Cl)(Cl)Cl. The van der Waals surface area contributed by atoms with E-state index in [2.05, 4.69) is 154 Å². The summed E-state index contributed by atoms with van der Waals surface area (Å²) in [5.74, 6) is -1.48. The van der Waals surface area contributed by atoms with E-state index in [-0.39, 0.29) is 36.2 Å². The van der Waals surface area contributed by atoms with Crippen LogP contribution < -0.4 is 16.4 Å². The number of aryl methyl sites for hydroxylation is 1. The summed E-state index contributed by atoms with van der Waals surface area (Å²) < 4.78 is 32.8. The quantitative estimate of drug-likeness (QED) is 0.0208. The summed E-state index contributed by atoms with van der Waals surface area (Å²) in [6.45, 7) is 40.9.